The highest BCUT2D eigenvalue weighted by Gasteiger charge is 2.21. The molecule has 0 bridgehead atoms. The molecule has 148 valence electrons. The zero-order valence-corrected chi connectivity index (χ0v) is 18.3. The van der Waals surface area contributed by atoms with Crippen molar-refractivity contribution < 1.29 is 5.11 Å². The molecule has 27 heavy (non-hydrogen) atoms. The number of benzene rings is 1. The molecule has 8 heteroatoms. The van der Waals surface area contributed by atoms with Gasteiger partial charge in [-0.3, -0.25) is 4.68 Å². The van der Waals surface area contributed by atoms with Crippen molar-refractivity contribution in [3.63, 3.8) is 0 Å². The average Bonchev–Trinajstić information content (AvgIpc) is 3.07. The maximum absolute atomic E-state index is 9.59. The SMILES string of the molecule is CCNC(=NCc1cccc(O)c1)NC1CCCN(c2cnn(C)c2)C1.I. The first-order valence-electron chi connectivity index (χ1n) is 9.20. The van der Waals surface area contributed by atoms with E-state index < -0.39 is 0 Å². The van der Waals surface area contributed by atoms with Crippen molar-refractivity contribution in [1.29, 1.82) is 0 Å². The van der Waals surface area contributed by atoms with Crippen molar-refractivity contribution in [3.8, 4) is 5.75 Å². The summed E-state index contributed by atoms with van der Waals surface area (Å²) in [5.41, 5.74) is 2.16. The third kappa shape index (κ3) is 6.30. The van der Waals surface area contributed by atoms with Crippen LogP contribution in [0.15, 0.2) is 41.7 Å². The molecule has 1 saturated heterocycles. The fourth-order valence-corrected chi connectivity index (χ4v) is 3.24. The lowest BCUT2D eigenvalue weighted by Crippen LogP contribution is -2.51. The Balaban J connectivity index is 0.00000261. The Morgan fingerprint density at radius 3 is 2.96 bits per heavy atom. The van der Waals surface area contributed by atoms with Gasteiger partial charge in [0.1, 0.15) is 5.75 Å². The van der Waals surface area contributed by atoms with Crippen LogP contribution in [-0.2, 0) is 13.6 Å². The van der Waals surface area contributed by atoms with Gasteiger partial charge in [-0.25, -0.2) is 4.99 Å². The number of nitrogens with one attached hydrogen (secondary N) is 2. The number of phenols is 1. The zero-order valence-electron chi connectivity index (χ0n) is 15.9. The molecule has 2 heterocycles. The number of rotatable bonds is 5. The second-order valence-electron chi connectivity index (χ2n) is 6.67. The molecule has 3 N–H and O–H groups in total. The van der Waals surface area contributed by atoms with E-state index in [9.17, 15) is 5.11 Å². The van der Waals surface area contributed by atoms with E-state index in [1.807, 2.05) is 30.1 Å². The summed E-state index contributed by atoms with van der Waals surface area (Å²) in [6.07, 6.45) is 6.24. The highest BCUT2D eigenvalue weighted by Crippen LogP contribution is 2.19. The summed E-state index contributed by atoms with van der Waals surface area (Å²) in [6.45, 7) is 5.39. The summed E-state index contributed by atoms with van der Waals surface area (Å²) in [5.74, 6) is 1.09. The summed E-state index contributed by atoms with van der Waals surface area (Å²) in [4.78, 5) is 7.04. The molecule has 1 unspecified atom stereocenters. The number of hydrogen-bond acceptors (Lipinski definition) is 4. The van der Waals surface area contributed by atoms with Gasteiger partial charge in [0.05, 0.1) is 18.4 Å². The third-order valence-electron chi connectivity index (χ3n) is 4.49. The quantitative estimate of drug-likeness (QED) is 0.346. The monoisotopic (exact) mass is 484 g/mol. The van der Waals surface area contributed by atoms with Gasteiger partial charge in [0, 0.05) is 38.9 Å². The molecule has 7 nitrogen and oxygen atoms in total. The molecule has 1 aromatic carbocycles. The number of nitrogens with zero attached hydrogens (tertiary/aromatic N) is 4. The van der Waals surface area contributed by atoms with Crippen molar-refractivity contribution in [2.24, 2.45) is 12.0 Å². The second-order valence-corrected chi connectivity index (χ2v) is 6.67. The van der Waals surface area contributed by atoms with Crippen LogP contribution >= 0.6 is 24.0 Å². The molecule has 3 rings (SSSR count). The summed E-state index contributed by atoms with van der Waals surface area (Å²) in [6, 6.07) is 7.57. The van der Waals surface area contributed by atoms with Gasteiger partial charge >= 0.3 is 0 Å². The van der Waals surface area contributed by atoms with E-state index in [0.29, 0.717) is 12.6 Å². The highest BCUT2D eigenvalue weighted by molar-refractivity contribution is 14.0. The largest absolute Gasteiger partial charge is 0.508 e. The Kier molecular flexibility index (Phi) is 8.21. The molecule has 0 saturated carbocycles. The number of anilines is 1. The van der Waals surface area contributed by atoms with E-state index in [2.05, 4.69) is 38.7 Å². The van der Waals surface area contributed by atoms with Gasteiger partial charge in [0.25, 0.3) is 0 Å². The third-order valence-corrected chi connectivity index (χ3v) is 4.49. The molecule has 1 fully saturated rings. The molecule has 1 atom stereocenters. The summed E-state index contributed by atoms with van der Waals surface area (Å²) < 4.78 is 1.84. The summed E-state index contributed by atoms with van der Waals surface area (Å²) in [7, 11) is 1.94. The Morgan fingerprint density at radius 1 is 1.41 bits per heavy atom. The van der Waals surface area contributed by atoms with Crippen LogP contribution in [0.5, 0.6) is 5.75 Å². The number of piperidine rings is 1. The molecule has 0 amide bonds. The minimum atomic E-state index is 0. The number of guanidine groups is 1. The van der Waals surface area contributed by atoms with Crippen molar-refractivity contribution in [1.82, 2.24) is 20.4 Å². The molecular weight excluding hydrogens is 455 g/mol. The summed E-state index contributed by atoms with van der Waals surface area (Å²) in [5, 5.41) is 20.7. The average molecular weight is 484 g/mol. The van der Waals surface area contributed by atoms with Crippen LogP contribution in [0.25, 0.3) is 0 Å². The number of aromatic nitrogens is 2. The van der Waals surface area contributed by atoms with Crippen LogP contribution in [-0.4, -0.2) is 46.5 Å². The van der Waals surface area contributed by atoms with Crippen LogP contribution in [0.4, 0.5) is 5.69 Å². The topological polar surface area (TPSA) is 77.7 Å². The number of halogens is 1. The van der Waals surface area contributed by atoms with Crippen LogP contribution in [0, 0.1) is 0 Å². The van der Waals surface area contributed by atoms with E-state index in [4.69, 9.17) is 0 Å². The van der Waals surface area contributed by atoms with Gasteiger partial charge in [0.2, 0.25) is 0 Å². The number of phenolic OH excluding ortho intramolecular Hbond substituents is 1. The van der Waals surface area contributed by atoms with E-state index in [1.165, 1.54) is 5.69 Å². The Hall–Kier alpha value is -1.97. The van der Waals surface area contributed by atoms with Gasteiger partial charge < -0.3 is 20.6 Å². The molecular formula is C19H29IN6O. The minimum Gasteiger partial charge on any atom is -0.508 e. The molecule has 1 aliphatic heterocycles. The second kappa shape index (κ2) is 10.4. The fraction of sp³-hybridized carbons (Fsp3) is 0.474. The fourth-order valence-electron chi connectivity index (χ4n) is 3.24. The normalized spacial score (nSPS) is 17.3. The van der Waals surface area contributed by atoms with Gasteiger partial charge in [-0.1, -0.05) is 12.1 Å². The molecule has 1 aromatic heterocycles. The number of aromatic hydroxyl groups is 1. The highest BCUT2D eigenvalue weighted by atomic mass is 127. The van der Waals surface area contributed by atoms with Gasteiger partial charge in [-0.2, -0.15) is 5.10 Å². The number of hydrogen-bond donors (Lipinski definition) is 3. The van der Waals surface area contributed by atoms with Crippen molar-refractivity contribution in [3.05, 3.63) is 42.2 Å². The lowest BCUT2D eigenvalue weighted by atomic mass is 10.1. The van der Waals surface area contributed by atoms with Gasteiger partial charge in [-0.05, 0) is 37.5 Å². The van der Waals surface area contributed by atoms with Gasteiger partial charge in [0.15, 0.2) is 5.96 Å². The van der Waals surface area contributed by atoms with Crippen LogP contribution in [0.1, 0.15) is 25.3 Å². The van der Waals surface area contributed by atoms with Gasteiger partial charge in [-0.15, -0.1) is 24.0 Å². The van der Waals surface area contributed by atoms with Crippen LogP contribution < -0.4 is 15.5 Å². The number of aryl methyl sites for hydroxylation is 1. The van der Waals surface area contributed by atoms with E-state index in [-0.39, 0.29) is 29.7 Å². The lowest BCUT2D eigenvalue weighted by Gasteiger charge is -2.34. The van der Waals surface area contributed by atoms with E-state index >= 15 is 0 Å². The van der Waals surface area contributed by atoms with Crippen LogP contribution in [0.3, 0.4) is 0 Å². The Labute approximate surface area is 177 Å². The van der Waals surface area contributed by atoms with E-state index in [0.717, 1.165) is 44.0 Å². The molecule has 1 aliphatic rings. The Morgan fingerprint density at radius 2 is 2.26 bits per heavy atom. The smallest absolute Gasteiger partial charge is 0.191 e. The summed E-state index contributed by atoms with van der Waals surface area (Å²) >= 11 is 0. The molecule has 2 aromatic rings. The van der Waals surface area contributed by atoms with Crippen molar-refractivity contribution in [2.45, 2.75) is 32.4 Å². The first-order chi connectivity index (χ1) is 12.6. The minimum absolute atomic E-state index is 0. The Bertz CT molecular complexity index is 747. The predicted molar refractivity (Wildman–Crippen MR) is 120 cm³/mol. The zero-order chi connectivity index (χ0) is 18.4. The van der Waals surface area contributed by atoms with Crippen molar-refractivity contribution >= 4 is 35.6 Å². The lowest BCUT2D eigenvalue weighted by molar-refractivity contribution is 0.467. The van der Waals surface area contributed by atoms with Crippen LogP contribution in [0.2, 0.25) is 0 Å². The maximum atomic E-state index is 9.59. The van der Waals surface area contributed by atoms with E-state index in [1.54, 1.807) is 12.1 Å². The predicted octanol–water partition coefficient (Wildman–Crippen LogP) is 2.47. The molecule has 0 aliphatic carbocycles. The first kappa shape index (κ1) is 21.3. The standard InChI is InChI=1S/C19H28N6O.HI/c1-3-20-19(21-11-15-6-4-8-18(26)10-15)23-16-7-5-9-25(13-16)17-12-22-24(2)14-17;/h4,6,8,10,12,14,16,26H,3,5,7,9,11,13H2,1-2H3,(H2,20,21,23);1H. The van der Waals surface area contributed by atoms with Crippen molar-refractivity contribution in [2.75, 3.05) is 24.5 Å². The number of aliphatic imine (C=N–C) groups is 1. The molecule has 0 spiro atoms. The maximum Gasteiger partial charge on any atom is 0.191 e. The first-order valence-corrected chi connectivity index (χ1v) is 9.20. The molecule has 0 radical (unpaired) electrons.